The first-order chi connectivity index (χ1) is 11.1. The van der Waals surface area contributed by atoms with Crippen LogP contribution in [0.2, 0.25) is 0 Å². The Morgan fingerprint density at radius 2 is 1.00 bits per heavy atom. The average Bonchev–Trinajstić information content (AvgIpc) is 2.58. The number of hydrogen-bond acceptors (Lipinski definition) is 4. The van der Waals surface area contributed by atoms with Gasteiger partial charge in [-0.15, -0.1) is 0 Å². The highest BCUT2D eigenvalue weighted by Crippen LogP contribution is 2.19. The van der Waals surface area contributed by atoms with Gasteiger partial charge in [-0.2, -0.15) is 0 Å². The Balaban J connectivity index is 1.94. The number of ether oxygens (including phenoxy) is 4. The zero-order chi connectivity index (χ0) is 16.7. The number of hydrogen-bond donors (Lipinski definition) is 0. The molecule has 2 unspecified atom stereocenters. The van der Waals surface area contributed by atoms with Crippen molar-refractivity contribution in [3.05, 3.63) is 59.7 Å². The fraction of sp³-hybridized carbons (Fsp3) is 0.368. The van der Waals surface area contributed by atoms with E-state index in [0.717, 1.165) is 17.9 Å². The molecule has 124 valence electrons. The minimum atomic E-state index is -0.247. The summed E-state index contributed by atoms with van der Waals surface area (Å²) in [6, 6.07) is 16.1. The van der Waals surface area contributed by atoms with E-state index < -0.39 is 0 Å². The molecule has 0 aliphatic rings. The Morgan fingerprint density at radius 1 is 0.652 bits per heavy atom. The van der Waals surface area contributed by atoms with Gasteiger partial charge in [0.15, 0.2) is 12.6 Å². The van der Waals surface area contributed by atoms with Gasteiger partial charge in [-0.1, -0.05) is 24.3 Å². The number of benzene rings is 2. The SMILES string of the molecule is COC(C)Oc1ccc(Cc2ccc(OC(C)OC)cc2)cc1. The minimum absolute atomic E-state index is 0.247. The maximum atomic E-state index is 5.58. The predicted octanol–water partition coefficient (Wildman–Crippen LogP) is 4.02. The van der Waals surface area contributed by atoms with Crippen molar-refractivity contribution in [3.8, 4) is 11.5 Å². The second-order valence-electron chi connectivity index (χ2n) is 5.31. The number of methoxy groups -OCH3 is 2. The first kappa shape index (κ1) is 17.3. The fourth-order valence-electron chi connectivity index (χ4n) is 2.09. The van der Waals surface area contributed by atoms with Crippen LogP contribution in [0.25, 0.3) is 0 Å². The maximum absolute atomic E-state index is 5.58. The minimum Gasteiger partial charge on any atom is -0.465 e. The summed E-state index contributed by atoms with van der Waals surface area (Å²) in [5, 5.41) is 0. The molecule has 0 spiro atoms. The molecule has 2 aromatic carbocycles. The molecule has 0 saturated carbocycles. The van der Waals surface area contributed by atoms with Crippen molar-refractivity contribution in [1.29, 1.82) is 0 Å². The fourth-order valence-corrected chi connectivity index (χ4v) is 2.09. The van der Waals surface area contributed by atoms with Crippen molar-refractivity contribution in [2.24, 2.45) is 0 Å². The van der Waals surface area contributed by atoms with E-state index in [1.165, 1.54) is 11.1 Å². The van der Waals surface area contributed by atoms with E-state index in [-0.39, 0.29) is 12.6 Å². The molecule has 0 bridgehead atoms. The molecule has 4 nitrogen and oxygen atoms in total. The molecule has 0 radical (unpaired) electrons. The van der Waals surface area contributed by atoms with Crippen molar-refractivity contribution in [2.45, 2.75) is 32.8 Å². The Kier molecular flexibility index (Phi) is 6.44. The molecule has 0 fully saturated rings. The zero-order valence-electron chi connectivity index (χ0n) is 14.1. The van der Waals surface area contributed by atoms with E-state index in [0.29, 0.717) is 0 Å². The summed E-state index contributed by atoms with van der Waals surface area (Å²) in [6.07, 6.45) is 0.367. The van der Waals surface area contributed by atoms with E-state index in [2.05, 4.69) is 24.3 Å². The summed E-state index contributed by atoms with van der Waals surface area (Å²) in [6.45, 7) is 3.73. The van der Waals surface area contributed by atoms with Gasteiger partial charge in [-0.3, -0.25) is 0 Å². The van der Waals surface area contributed by atoms with Crippen LogP contribution in [0, 0.1) is 0 Å². The molecular weight excluding hydrogens is 292 g/mol. The van der Waals surface area contributed by atoms with Gasteiger partial charge in [0, 0.05) is 14.2 Å². The molecule has 2 aromatic rings. The third kappa shape index (κ3) is 5.58. The van der Waals surface area contributed by atoms with Crippen molar-refractivity contribution in [2.75, 3.05) is 14.2 Å². The Morgan fingerprint density at radius 3 is 1.30 bits per heavy atom. The normalized spacial score (nSPS) is 13.4. The smallest absolute Gasteiger partial charge is 0.196 e. The molecule has 2 atom stereocenters. The molecule has 0 saturated heterocycles. The zero-order valence-corrected chi connectivity index (χ0v) is 14.1. The summed E-state index contributed by atoms with van der Waals surface area (Å²) >= 11 is 0. The molecule has 0 aliphatic heterocycles. The van der Waals surface area contributed by atoms with Gasteiger partial charge >= 0.3 is 0 Å². The van der Waals surface area contributed by atoms with Crippen molar-refractivity contribution in [1.82, 2.24) is 0 Å². The lowest BCUT2D eigenvalue weighted by molar-refractivity contribution is -0.0385. The summed E-state index contributed by atoms with van der Waals surface area (Å²) in [5.41, 5.74) is 2.45. The van der Waals surface area contributed by atoms with Crippen LogP contribution in [-0.4, -0.2) is 26.8 Å². The highest BCUT2D eigenvalue weighted by molar-refractivity contribution is 5.34. The average molecular weight is 316 g/mol. The lowest BCUT2D eigenvalue weighted by Crippen LogP contribution is -2.13. The summed E-state index contributed by atoms with van der Waals surface area (Å²) in [4.78, 5) is 0. The predicted molar refractivity (Wildman–Crippen MR) is 89.9 cm³/mol. The van der Waals surface area contributed by atoms with Crippen LogP contribution in [-0.2, 0) is 15.9 Å². The number of rotatable bonds is 8. The van der Waals surface area contributed by atoms with Gasteiger partial charge in [0.25, 0.3) is 0 Å². The standard InChI is InChI=1S/C19H24O4/c1-14(20-3)22-18-9-5-16(6-10-18)13-17-7-11-19(12-8-17)23-15(2)21-4/h5-12,14-15H,13H2,1-4H3. The van der Waals surface area contributed by atoms with Crippen molar-refractivity contribution < 1.29 is 18.9 Å². The molecule has 2 rings (SSSR count). The van der Waals surface area contributed by atoms with Gasteiger partial charge < -0.3 is 18.9 Å². The first-order valence-electron chi connectivity index (χ1n) is 7.67. The van der Waals surface area contributed by atoms with E-state index in [1.54, 1.807) is 14.2 Å². The van der Waals surface area contributed by atoms with Crippen LogP contribution >= 0.6 is 0 Å². The van der Waals surface area contributed by atoms with E-state index in [4.69, 9.17) is 18.9 Å². The lowest BCUT2D eigenvalue weighted by atomic mass is 10.0. The summed E-state index contributed by atoms with van der Waals surface area (Å²) in [7, 11) is 3.25. The van der Waals surface area contributed by atoms with Crippen molar-refractivity contribution >= 4 is 0 Å². The third-order valence-corrected chi connectivity index (χ3v) is 3.52. The molecule has 23 heavy (non-hydrogen) atoms. The molecule has 0 heterocycles. The van der Waals surface area contributed by atoms with Gasteiger partial charge in [0.1, 0.15) is 11.5 Å². The molecule has 0 aromatic heterocycles. The van der Waals surface area contributed by atoms with Crippen LogP contribution in [0.1, 0.15) is 25.0 Å². The third-order valence-electron chi connectivity index (χ3n) is 3.52. The van der Waals surface area contributed by atoms with Gasteiger partial charge in [-0.05, 0) is 55.7 Å². The Labute approximate surface area is 137 Å². The highest BCUT2D eigenvalue weighted by Gasteiger charge is 2.04. The van der Waals surface area contributed by atoms with Gasteiger partial charge in [0.05, 0.1) is 0 Å². The summed E-state index contributed by atoms with van der Waals surface area (Å²) < 4.78 is 21.3. The quantitative estimate of drug-likeness (QED) is 0.689. The Hall–Kier alpha value is -2.04. The summed E-state index contributed by atoms with van der Waals surface area (Å²) in [5.74, 6) is 1.61. The van der Waals surface area contributed by atoms with Crippen LogP contribution in [0.3, 0.4) is 0 Å². The first-order valence-corrected chi connectivity index (χ1v) is 7.67. The largest absolute Gasteiger partial charge is 0.465 e. The van der Waals surface area contributed by atoms with Crippen LogP contribution in [0.5, 0.6) is 11.5 Å². The van der Waals surface area contributed by atoms with Crippen LogP contribution in [0.15, 0.2) is 48.5 Å². The second kappa shape index (κ2) is 8.56. The van der Waals surface area contributed by atoms with E-state index in [1.807, 2.05) is 38.1 Å². The van der Waals surface area contributed by atoms with Crippen molar-refractivity contribution in [3.63, 3.8) is 0 Å². The second-order valence-corrected chi connectivity index (χ2v) is 5.31. The van der Waals surface area contributed by atoms with E-state index in [9.17, 15) is 0 Å². The molecule has 0 amide bonds. The van der Waals surface area contributed by atoms with Gasteiger partial charge in [0.2, 0.25) is 0 Å². The molecular formula is C19H24O4. The topological polar surface area (TPSA) is 36.9 Å². The molecule has 0 N–H and O–H groups in total. The van der Waals surface area contributed by atoms with Gasteiger partial charge in [-0.25, -0.2) is 0 Å². The van der Waals surface area contributed by atoms with Crippen LogP contribution < -0.4 is 9.47 Å². The van der Waals surface area contributed by atoms with Crippen LogP contribution in [0.4, 0.5) is 0 Å². The van der Waals surface area contributed by atoms with E-state index >= 15 is 0 Å². The highest BCUT2D eigenvalue weighted by atomic mass is 16.7. The Bertz CT molecular complexity index is 524. The maximum Gasteiger partial charge on any atom is 0.196 e. The molecule has 0 aliphatic carbocycles. The molecule has 4 heteroatoms. The monoisotopic (exact) mass is 316 g/mol. The lowest BCUT2D eigenvalue weighted by Gasteiger charge is -2.13.